The maximum absolute atomic E-state index is 13.1. The lowest BCUT2D eigenvalue weighted by molar-refractivity contribution is -0.385. The highest BCUT2D eigenvalue weighted by Gasteiger charge is 2.26. The van der Waals surface area contributed by atoms with Crippen molar-refractivity contribution in [3.8, 4) is 5.75 Å². The summed E-state index contributed by atoms with van der Waals surface area (Å²) in [4.78, 5) is 28.6. The molecule has 1 atom stereocenters. The highest BCUT2D eigenvalue weighted by atomic mass is 16.6. The standard InChI is InChI=1S/C24H21N3O4/c1-26(23(28)16-31-22-14-8-7-13-21(22)27(29)30)24(17-9-3-2-4-10-17)19-15-25-20-12-6-5-11-18(19)20/h2-15,24-25H,16H2,1H3/t24-/m0/s1. The number of H-pyrrole nitrogens is 1. The number of para-hydroxylation sites is 3. The van der Waals surface area contributed by atoms with Crippen molar-refractivity contribution in [2.45, 2.75) is 6.04 Å². The highest BCUT2D eigenvalue weighted by molar-refractivity contribution is 5.85. The van der Waals surface area contributed by atoms with Crippen LogP contribution < -0.4 is 4.74 Å². The third-order valence-electron chi connectivity index (χ3n) is 5.22. The van der Waals surface area contributed by atoms with Gasteiger partial charge in [-0.2, -0.15) is 0 Å². The van der Waals surface area contributed by atoms with Gasteiger partial charge in [0.2, 0.25) is 0 Å². The first kappa shape index (κ1) is 20.2. The second kappa shape index (κ2) is 8.71. The number of fused-ring (bicyclic) bond motifs is 1. The molecule has 1 aromatic heterocycles. The molecule has 0 saturated carbocycles. The average molecular weight is 415 g/mol. The van der Waals surface area contributed by atoms with Gasteiger partial charge in [-0.3, -0.25) is 14.9 Å². The van der Waals surface area contributed by atoms with Crippen LogP contribution in [0.1, 0.15) is 17.2 Å². The summed E-state index contributed by atoms with van der Waals surface area (Å²) in [6, 6.07) is 23.3. The molecule has 1 heterocycles. The number of aromatic nitrogens is 1. The van der Waals surface area contributed by atoms with E-state index in [0.717, 1.165) is 22.0 Å². The Kier molecular flexibility index (Phi) is 5.66. The minimum absolute atomic E-state index is 0.0672. The van der Waals surface area contributed by atoms with E-state index in [1.807, 2.05) is 60.8 Å². The van der Waals surface area contributed by atoms with Crippen molar-refractivity contribution in [2.24, 2.45) is 0 Å². The molecule has 0 radical (unpaired) electrons. The number of hydrogen-bond acceptors (Lipinski definition) is 4. The molecule has 0 fully saturated rings. The van der Waals surface area contributed by atoms with E-state index in [-0.39, 0.29) is 30.0 Å². The number of nitro groups is 1. The van der Waals surface area contributed by atoms with E-state index < -0.39 is 4.92 Å². The lowest BCUT2D eigenvalue weighted by atomic mass is 9.97. The molecule has 156 valence electrons. The van der Waals surface area contributed by atoms with Gasteiger partial charge in [-0.05, 0) is 17.7 Å². The smallest absolute Gasteiger partial charge is 0.310 e. The van der Waals surface area contributed by atoms with Crippen molar-refractivity contribution in [3.63, 3.8) is 0 Å². The van der Waals surface area contributed by atoms with Crippen molar-refractivity contribution >= 4 is 22.5 Å². The molecule has 1 amide bonds. The normalized spacial score (nSPS) is 11.8. The molecular formula is C24H21N3O4. The zero-order valence-electron chi connectivity index (χ0n) is 16.9. The molecule has 3 aromatic carbocycles. The molecule has 0 aliphatic heterocycles. The number of nitrogens with zero attached hydrogens (tertiary/aromatic N) is 2. The number of benzene rings is 3. The summed E-state index contributed by atoms with van der Waals surface area (Å²) in [6.45, 7) is -0.312. The number of amides is 1. The van der Waals surface area contributed by atoms with Crippen LogP contribution in [-0.2, 0) is 4.79 Å². The van der Waals surface area contributed by atoms with Gasteiger partial charge in [0.1, 0.15) is 0 Å². The van der Waals surface area contributed by atoms with Gasteiger partial charge in [0, 0.05) is 35.8 Å². The van der Waals surface area contributed by atoms with E-state index >= 15 is 0 Å². The van der Waals surface area contributed by atoms with Crippen LogP contribution >= 0.6 is 0 Å². The molecule has 31 heavy (non-hydrogen) atoms. The summed E-state index contributed by atoms with van der Waals surface area (Å²) in [5.74, 6) is -0.227. The summed E-state index contributed by atoms with van der Waals surface area (Å²) >= 11 is 0. The lowest BCUT2D eigenvalue weighted by Crippen LogP contribution is -2.35. The molecule has 1 N–H and O–H groups in total. The predicted octanol–water partition coefficient (Wildman–Crippen LogP) is 4.70. The van der Waals surface area contributed by atoms with E-state index in [0.29, 0.717) is 0 Å². The predicted molar refractivity (Wildman–Crippen MR) is 118 cm³/mol. The fraction of sp³-hybridized carbons (Fsp3) is 0.125. The number of rotatable bonds is 7. The third kappa shape index (κ3) is 4.11. The van der Waals surface area contributed by atoms with Crippen molar-refractivity contribution in [2.75, 3.05) is 13.7 Å². The Morgan fingerprint density at radius 1 is 1.03 bits per heavy atom. The molecular weight excluding hydrogens is 394 g/mol. The molecule has 0 spiro atoms. The topological polar surface area (TPSA) is 88.5 Å². The first-order valence-corrected chi connectivity index (χ1v) is 9.79. The number of ether oxygens (including phenoxy) is 1. The molecule has 4 aromatic rings. The van der Waals surface area contributed by atoms with Gasteiger partial charge < -0.3 is 14.6 Å². The molecule has 7 nitrogen and oxygen atoms in total. The zero-order chi connectivity index (χ0) is 21.8. The highest BCUT2D eigenvalue weighted by Crippen LogP contribution is 2.33. The Morgan fingerprint density at radius 2 is 1.71 bits per heavy atom. The SMILES string of the molecule is CN(C(=O)COc1ccccc1[N+](=O)[O-])[C@@H](c1ccccc1)c1c[nH]c2ccccc12. The largest absolute Gasteiger partial charge is 0.477 e. The van der Waals surface area contributed by atoms with E-state index in [1.165, 1.54) is 12.1 Å². The molecule has 0 aliphatic carbocycles. The summed E-state index contributed by atoms with van der Waals surface area (Å²) in [7, 11) is 1.71. The summed E-state index contributed by atoms with van der Waals surface area (Å²) in [5.41, 5.74) is 2.72. The third-order valence-corrected chi connectivity index (χ3v) is 5.22. The first-order chi connectivity index (χ1) is 15.1. The van der Waals surface area contributed by atoms with Crippen LogP contribution in [0.3, 0.4) is 0 Å². The number of likely N-dealkylation sites (N-methyl/N-ethyl adjacent to an activating group) is 1. The molecule has 7 heteroatoms. The van der Waals surface area contributed by atoms with Crippen LogP contribution in [0.15, 0.2) is 85.1 Å². The Morgan fingerprint density at radius 3 is 2.48 bits per heavy atom. The fourth-order valence-corrected chi connectivity index (χ4v) is 3.68. The number of aromatic amines is 1. The minimum Gasteiger partial charge on any atom is -0.477 e. The number of hydrogen-bond donors (Lipinski definition) is 1. The van der Waals surface area contributed by atoms with Crippen LogP contribution in [0.4, 0.5) is 5.69 Å². The van der Waals surface area contributed by atoms with Gasteiger partial charge >= 0.3 is 5.69 Å². The van der Waals surface area contributed by atoms with Crippen LogP contribution in [0.2, 0.25) is 0 Å². The van der Waals surface area contributed by atoms with E-state index in [1.54, 1.807) is 24.1 Å². The average Bonchev–Trinajstić information content (AvgIpc) is 3.22. The number of carbonyl (C=O) groups is 1. The zero-order valence-corrected chi connectivity index (χ0v) is 16.9. The number of nitro benzene ring substituents is 1. The second-order valence-electron chi connectivity index (χ2n) is 7.12. The van der Waals surface area contributed by atoms with Gasteiger partial charge in [0.25, 0.3) is 5.91 Å². The summed E-state index contributed by atoms with van der Waals surface area (Å²) in [6.07, 6.45) is 1.91. The summed E-state index contributed by atoms with van der Waals surface area (Å²) in [5, 5.41) is 12.2. The first-order valence-electron chi connectivity index (χ1n) is 9.79. The van der Waals surface area contributed by atoms with Crippen molar-refractivity contribution in [3.05, 3.63) is 106 Å². The Hall–Kier alpha value is -4.13. The van der Waals surface area contributed by atoms with Crippen LogP contribution in [0.25, 0.3) is 10.9 Å². The second-order valence-corrected chi connectivity index (χ2v) is 7.12. The van der Waals surface area contributed by atoms with Gasteiger partial charge in [0.05, 0.1) is 11.0 Å². The van der Waals surface area contributed by atoms with E-state index in [2.05, 4.69) is 4.98 Å². The molecule has 0 unspecified atom stereocenters. The van der Waals surface area contributed by atoms with Gasteiger partial charge in [0.15, 0.2) is 12.4 Å². The Labute approximate surface area is 179 Å². The maximum Gasteiger partial charge on any atom is 0.310 e. The fourth-order valence-electron chi connectivity index (χ4n) is 3.68. The molecule has 0 bridgehead atoms. The van der Waals surface area contributed by atoms with Crippen LogP contribution in [0.5, 0.6) is 5.75 Å². The Bertz CT molecular complexity index is 1220. The van der Waals surface area contributed by atoms with E-state index in [4.69, 9.17) is 4.74 Å². The van der Waals surface area contributed by atoms with E-state index in [9.17, 15) is 14.9 Å². The van der Waals surface area contributed by atoms with Crippen molar-refractivity contribution in [1.29, 1.82) is 0 Å². The maximum atomic E-state index is 13.1. The number of carbonyl (C=O) groups excluding carboxylic acids is 1. The van der Waals surface area contributed by atoms with Crippen LogP contribution in [-0.4, -0.2) is 34.4 Å². The molecule has 4 rings (SSSR count). The minimum atomic E-state index is -0.526. The van der Waals surface area contributed by atoms with Gasteiger partial charge in [-0.1, -0.05) is 60.7 Å². The molecule has 0 aliphatic rings. The molecule has 0 saturated heterocycles. The van der Waals surface area contributed by atoms with Crippen molar-refractivity contribution in [1.82, 2.24) is 9.88 Å². The summed E-state index contributed by atoms with van der Waals surface area (Å²) < 4.78 is 5.53. The van der Waals surface area contributed by atoms with Gasteiger partial charge in [-0.15, -0.1) is 0 Å². The van der Waals surface area contributed by atoms with Crippen molar-refractivity contribution < 1.29 is 14.5 Å². The number of nitrogens with one attached hydrogen (secondary N) is 1. The Balaban J connectivity index is 1.63. The van der Waals surface area contributed by atoms with Gasteiger partial charge in [-0.25, -0.2) is 0 Å². The van der Waals surface area contributed by atoms with Crippen LogP contribution in [0, 0.1) is 10.1 Å². The monoisotopic (exact) mass is 415 g/mol. The lowest BCUT2D eigenvalue weighted by Gasteiger charge is -2.28. The quantitative estimate of drug-likeness (QED) is 0.350.